The van der Waals surface area contributed by atoms with Crippen molar-refractivity contribution in [1.82, 2.24) is 14.9 Å². The van der Waals surface area contributed by atoms with Crippen molar-refractivity contribution in [2.75, 3.05) is 33.8 Å². The molecule has 2 heterocycles. The Morgan fingerprint density at radius 1 is 0.902 bits per heavy atom. The summed E-state index contributed by atoms with van der Waals surface area (Å²) in [5, 5.41) is 19.6. The second kappa shape index (κ2) is 15.6. The van der Waals surface area contributed by atoms with Crippen molar-refractivity contribution < 1.29 is 39.0 Å². The molecular formula is C30H39N3O8. The number of hydrogen-bond donors (Lipinski definition) is 2. The predicted molar refractivity (Wildman–Crippen MR) is 150 cm³/mol. The number of nitrogens with zero attached hydrogens (tertiary/aromatic N) is 3. The van der Waals surface area contributed by atoms with Crippen molar-refractivity contribution in [3.8, 4) is 0 Å². The number of hydroxylamine groups is 2. The molecule has 3 atom stereocenters. The molecule has 41 heavy (non-hydrogen) atoms. The van der Waals surface area contributed by atoms with Gasteiger partial charge in [0.05, 0.1) is 25.0 Å². The number of carboxylic acid groups (broad SMARTS) is 2. The number of hydrogen-bond acceptors (Lipinski definition) is 6. The van der Waals surface area contributed by atoms with Crippen LogP contribution in [0.4, 0.5) is 9.59 Å². The first-order chi connectivity index (χ1) is 19.7. The van der Waals surface area contributed by atoms with Crippen LogP contribution in [0, 0.1) is 11.8 Å². The third-order valence-corrected chi connectivity index (χ3v) is 7.45. The molecule has 0 aliphatic carbocycles. The Labute approximate surface area is 240 Å². The molecular weight excluding hydrogens is 530 g/mol. The van der Waals surface area contributed by atoms with Crippen LogP contribution in [0.15, 0.2) is 60.7 Å². The lowest BCUT2D eigenvalue weighted by Gasteiger charge is -2.39. The van der Waals surface area contributed by atoms with Crippen LogP contribution in [0.1, 0.15) is 36.8 Å². The fourth-order valence-electron chi connectivity index (χ4n) is 5.18. The summed E-state index contributed by atoms with van der Waals surface area (Å²) >= 11 is 0. The van der Waals surface area contributed by atoms with E-state index in [-0.39, 0.29) is 25.0 Å². The average Bonchev–Trinajstić information content (AvgIpc) is 3.00. The molecule has 0 aromatic heterocycles. The van der Waals surface area contributed by atoms with E-state index in [2.05, 4.69) is 0 Å². The number of ether oxygens (including phenoxy) is 1. The molecule has 2 aromatic rings. The molecule has 2 fully saturated rings. The zero-order chi connectivity index (χ0) is 29.8. The van der Waals surface area contributed by atoms with Gasteiger partial charge in [0.2, 0.25) is 0 Å². The van der Waals surface area contributed by atoms with E-state index >= 15 is 0 Å². The Kier molecular flexibility index (Phi) is 12.0. The lowest BCUT2D eigenvalue weighted by molar-refractivity contribution is -0.174. The van der Waals surface area contributed by atoms with E-state index in [1.165, 1.54) is 19.1 Å². The largest absolute Gasteiger partial charge is 0.481 e. The van der Waals surface area contributed by atoms with Crippen LogP contribution < -0.4 is 0 Å². The molecule has 11 heteroatoms. The second-order valence-corrected chi connectivity index (χ2v) is 10.2. The highest BCUT2D eigenvalue weighted by Crippen LogP contribution is 2.28. The Balaban J connectivity index is 0.000000263. The van der Waals surface area contributed by atoms with Gasteiger partial charge in [0.1, 0.15) is 6.61 Å². The minimum Gasteiger partial charge on any atom is -0.481 e. The van der Waals surface area contributed by atoms with Crippen LogP contribution in [-0.2, 0) is 32.2 Å². The number of rotatable bonds is 7. The Bertz CT molecular complexity index is 1150. The number of carboxylic acids is 1. The first kappa shape index (κ1) is 31.4. The highest BCUT2D eigenvalue weighted by Gasteiger charge is 2.39. The van der Waals surface area contributed by atoms with E-state index in [0.717, 1.165) is 29.0 Å². The van der Waals surface area contributed by atoms with Gasteiger partial charge in [0.15, 0.2) is 0 Å². The molecule has 3 amide bonds. The number of benzene rings is 2. The monoisotopic (exact) mass is 569 g/mol. The Morgan fingerprint density at radius 3 is 2.10 bits per heavy atom. The van der Waals surface area contributed by atoms with E-state index in [1.807, 2.05) is 60.7 Å². The SMILES string of the molecule is CON(C)C(=O)C1CCCN(C(=O)O)C1.O=C(O)C1CCCN(C(=O)OCc2ccccc2)C1Cc1ccccc1. The zero-order valence-corrected chi connectivity index (χ0v) is 23.6. The maximum Gasteiger partial charge on any atom is 0.410 e. The summed E-state index contributed by atoms with van der Waals surface area (Å²) in [5.41, 5.74) is 1.93. The number of likely N-dealkylation sites (tertiary alicyclic amines) is 2. The summed E-state index contributed by atoms with van der Waals surface area (Å²) < 4.78 is 5.46. The van der Waals surface area contributed by atoms with Gasteiger partial charge in [-0.05, 0) is 43.2 Å². The third kappa shape index (κ3) is 9.21. The molecule has 11 nitrogen and oxygen atoms in total. The maximum absolute atomic E-state index is 12.7. The fraction of sp³-hybridized carbons (Fsp3) is 0.467. The number of amides is 3. The van der Waals surface area contributed by atoms with Crippen LogP contribution in [0.25, 0.3) is 0 Å². The van der Waals surface area contributed by atoms with E-state index < -0.39 is 30.1 Å². The summed E-state index contributed by atoms with van der Waals surface area (Å²) in [7, 11) is 2.94. The normalized spacial score (nSPS) is 20.3. The van der Waals surface area contributed by atoms with E-state index in [9.17, 15) is 24.3 Å². The molecule has 4 rings (SSSR count). The number of carbonyl (C=O) groups excluding carboxylic acids is 2. The van der Waals surface area contributed by atoms with Gasteiger partial charge in [-0.2, -0.15) is 0 Å². The second-order valence-electron chi connectivity index (χ2n) is 10.2. The molecule has 0 radical (unpaired) electrons. The molecule has 2 aromatic carbocycles. The molecule has 2 aliphatic heterocycles. The quantitative estimate of drug-likeness (QED) is 0.475. The number of aliphatic carboxylic acids is 1. The van der Waals surface area contributed by atoms with Crippen molar-refractivity contribution in [3.05, 3.63) is 71.8 Å². The van der Waals surface area contributed by atoms with Crippen molar-refractivity contribution in [2.24, 2.45) is 11.8 Å². The van der Waals surface area contributed by atoms with Gasteiger partial charge in [-0.15, -0.1) is 0 Å². The summed E-state index contributed by atoms with van der Waals surface area (Å²) in [5.74, 6) is -1.87. The Hall–Kier alpha value is -4.12. The maximum atomic E-state index is 12.7. The van der Waals surface area contributed by atoms with Gasteiger partial charge >= 0.3 is 18.2 Å². The molecule has 2 saturated heterocycles. The van der Waals surface area contributed by atoms with E-state index in [4.69, 9.17) is 14.7 Å². The van der Waals surface area contributed by atoms with Crippen molar-refractivity contribution >= 4 is 24.1 Å². The Morgan fingerprint density at radius 2 is 1.51 bits per heavy atom. The third-order valence-electron chi connectivity index (χ3n) is 7.45. The number of piperidine rings is 2. The fourth-order valence-corrected chi connectivity index (χ4v) is 5.18. The van der Waals surface area contributed by atoms with Gasteiger partial charge in [0.25, 0.3) is 5.91 Å². The lowest BCUT2D eigenvalue weighted by Crippen LogP contribution is -2.51. The highest BCUT2D eigenvalue weighted by molar-refractivity contribution is 5.78. The smallest absolute Gasteiger partial charge is 0.410 e. The first-order valence-corrected chi connectivity index (χ1v) is 13.7. The van der Waals surface area contributed by atoms with Crippen molar-refractivity contribution in [3.63, 3.8) is 0 Å². The summed E-state index contributed by atoms with van der Waals surface area (Å²) in [6.45, 7) is 1.48. The van der Waals surface area contributed by atoms with Crippen LogP contribution in [0.3, 0.4) is 0 Å². The highest BCUT2D eigenvalue weighted by atomic mass is 16.7. The first-order valence-electron chi connectivity index (χ1n) is 13.7. The predicted octanol–water partition coefficient (Wildman–Crippen LogP) is 4.13. The van der Waals surface area contributed by atoms with E-state index in [0.29, 0.717) is 32.4 Å². The van der Waals surface area contributed by atoms with Crippen LogP contribution in [-0.4, -0.2) is 89.0 Å². The molecule has 222 valence electrons. The molecule has 0 bridgehead atoms. The summed E-state index contributed by atoms with van der Waals surface area (Å²) in [6.07, 6.45) is 1.79. The van der Waals surface area contributed by atoms with Crippen molar-refractivity contribution in [2.45, 2.75) is 44.8 Å². The van der Waals surface area contributed by atoms with Gasteiger partial charge in [0, 0.05) is 26.7 Å². The standard InChI is InChI=1S/C21H23NO4.C9H16N2O4/c23-20(24)18-12-7-13-22(19(18)14-16-8-3-1-4-9-16)21(25)26-15-17-10-5-2-6-11-17;1-10(15-2)8(12)7-4-3-5-11(6-7)9(13)14/h1-6,8-11,18-19H,7,12-15H2,(H,23,24);7H,3-6H2,1-2H3,(H,13,14). The van der Waals surface area contributed by atoms with Gasteiger partial charge in [-0.1, -0.05) is 60.7 Å². The molecule has 0 saturated carbocycles. The van der Waals surface area contributed by atoms with Gasteiger partial charge in [-0.25, -0.2) is 14.7 Å². The number of carbonyl (C=O) groups is 4. The summed E-state index contributed by atoms with van der Waals surface area (Å²) in [4.78, 5) is 54.4. The molecule has 2 aliphatic rings. The van der Waals surface area contributed by atoms with Crippen LogP contribution in [0.2, 0.25) is 0 Å². The topological polar surface area (TPSA) is 137 Å². The van der Waals surface area contributed by atoms with Gasteiger partial charge in [-0.3, -0.25) is 14.4 Å². The summed E-state index contributed by atoms with van der Waals surface area (Å²) in [6, 6.07) is 18.8. The molecule has 2 N–H and O–H groups in total. The molecule has 0 spiro atoms. The van der Waals surface area contributed by atoms with E-state index in [1.54, 1.807) is 4.90 Å². The minimum atomic E-state index is -0.965. The lowest BCUT2D eigenvalue weighted by atomic mass is 9.85. The zero-order valence-electron chi connectivity index (χ0n) is 23.6. The van der Waals surface area contributed by atoms with Crippen molar-refractivity contribution in [1.29, 1.82) is 0 Å². The van der Waals surface area contributed by atoms with Crippen LogP contribution in [0.5, 0.6) is 0 Å². The van der Waals surface area contributed by atoms with Crippen LogP contribution >= 0.6 is 0 Å². The van der Waals surface area contributed by atoms with Gasteiger partial charge < -0.3 is 24.7 Å². The molecule has 3 unspecified atom stereocenters. The minimum absolute atomic E-state index is 0.163. The average molecular weight is 570 g/mol.